The molecule has 1 aromatic heterocycles. The molecule has 6 nitrogen and oxygen atoms in total. The van der Waals surface area contributed by atoms with Crippen molar-refractivity contribution < 1.29 is 4.74 Å². The molecule has 6 heteroatoms. The van der Waals surface area contributed by atoms with E-state index in [4.69, 9.17) is 10.00 Å². The molecule has 0 aliphatic carbocycles. The van der Waals surface area contributed by atoms with Crippen LogP contribution in [0.2, 0.25) is 0 Å². The van der Waals surface area contributed by atoms with Gasteiger partial charge in [-0.25, -0.2) is 4.68 Å². The van der Waals surface area contributed by atoms with Gasteiger partial charge in [0.05, 0.1) is 18.2 Å². The Bertz CT molecular complexity index is 812. The Morgan fingerprint density at radius 2 is 2.05 bits per heavy atom. The van der Waals surface area contributed by atoms with Gasteiger partial charge in [0.1, 0.15) is 12.4 Å². The number of nitrogens with one attached hydrogen (secondary N) is 1. The third-order valence-electron chi connectivity index (χ3n) is 3.25. The summed E-state index contributed by atoms with van der Waals surface area (Å²) >= 11 is 0. The van der Waals surface area contributed by atoms with Gasteiger partial charge in [-0.2, -0.15) is 5.26 Å². The van der Waals surface area contributed by atoms with Crippen molar-refractivity contribution in [1.29, 1.82) is 5.26 Å². The quantitative estimate of drug-likeness (QED) is 0.911. The van der Waals surface area contributed by atoms with Crippen molar-refractivity contribution in [3.8, 4) is 11.8 Å². The van der Waals surface area contributed by atoms with Crippen LogP contribution in [0.4, 0.5) is 0 Å². The lowest BCUT2D eigenvalue weighted by Crippen LogP contribution is -2.34. The summed E-state index contributed by atoms with van der Waals surface area (Å²) in [4.78, 5) is 23.6. The van der Waals surface area contributed by atoms with Gasteiger partial charge in [-0.05, 0) is 32.0 Å². The first kappa shape index (κ1) is 14.6. The maximum atomic E-state index is 12.0. The number of ether oxygens (including phenoxy) is 1. The zero-order chi connectivity index (χ0) is 15.4. The molecule has 1 heterocycles. The normalized spacial score (nSPS) is 10.1. The van der Waals surface area contributed by atoms with Crippen molar-refractivity contribution in [2.24, 2.45) is 0 Å². The van der Waals surface area contributed by atoms with E-state index in [1.807, 2.05) is 6.07 Å². The molecule has 0 radical (unpaired) electrons. The van der Waals surface area contributed by atoms with Crippen molar-refractivity contribution >= 4 is 0 Å². The minimum Gasteiger partial charge on any atom is -0.492 e. The number of aromatic nitrogens is 2. The molecule has 2 aromatic rings. The lowest BCUT2D eigenvalue weighted by atomic mass is 10.2. The van der Waals surface area contributed by atoms with Crippen LogP contribution in [-0.2, 0) is 6.54 Å². The highest BCUT2D eigenvalue weighted by molar-refractivity contribution is 5.36. The number of H-pyrrole nitrogens is 1. The Morgan fingerprint density at radius 1 is 1.29 bits per heavy atom. The lowest BCUT2D eigenvalue weighted by Gasteiger charge is -2.09. The summed E-state index contributed by atoms with van der Waals surface area (Å²) in [5.41, 5.74) is 0.855. The second kappa shape index (κ2) is 6.09. The predicted molar refractivity (Wildman–Crippen MR) is 77.4 cm³/mol. The smallest absolute Gasteiger partial charge is 0.268 e. The number of hydrogen-bond donors (Lipinski definition) is 1. The standard InChI is InChI=1S/C15H15N3O3/c1-10-11(2)15(20)18(17-14(10)19)6-7-21-13-5-3-4-12(8-13)9-16/h3-5,8H,6-7H2,1-2H3,(H,17,19). The second-order valence-corrected chi connectivity index (χ2v) is 4.64. The molecule has 0 aliphatic heterocycles. The molecule has 0 atom stereocenters. The molecule has 0 bridgehead atoms. The van der Waals surface area contributed by atoms with Crippen LogP contribution in [0.15, 0.2) is 33.9 Å². The van der Waals surface area contributed by atoms with Gasteiger partial charge in [0.2, 0.25) is 0 Å². The van der Waals surface area contributed by atoms with Gasteiger partial charge >= 0.3 is 0 Å². The number of nitrogens with zero attached hydrogens (tertiary/aromatic N) is 2. The van der Waals surface area contributed by atoms with Crippen LogP contribution >= 0.6 is 0 Å². The Balaban J connectivity index is 2.09. The topological polar surface area (TPSA) is 87.9 Å². The number of benzene rings is 1. The summed E-state index contributed by atoms with van der Waals surface area (Å²) in [6, 6.07) is 8.77. The number of nitriles is 1. The second-order valence-electron chi connectivity index (χ2n) is 4.64. The minimum atomic E-state index is -0.279. The van der Waals surface area contributed by atoms with E-state index in [1.165, 1.54) is 4.68 Å². The maximum absolute atomic E-state index is 12.0. The molecule has 21 heavy (non-hydrogen) atoms. The molecule has 108 valence electrons. The van der Waals surface area contributed by atoms with E-state index in [9.17, 15) is 9.59 Å². The molecule has 0 aliphatic rings. The molecule has 0 saturated heterocycles. The maximum Gasteiger partial charge on any atom is 0.268 e. The third kappa shape index (κ3) is 3.20. The number of rotatable bonds is 4. The van der Waals surface area contributed by atoms with Gasteiger partial charge < -0.3 is 4.74 Å². The molecular formula is C15H15N3O3. The van der Waals surface area contributed by atoms with E-state index in [0.717, 1.165) is 0 Å². The fraction of sp³-hybridized carbons (Fsp3) is 0.267. The first-order chi connectivity index (χ1) is 10.0. The first-order valence-electron chi connectivity index (χ1n) is 6.46. The summed E-state index contributed by atoms with van der Waals surface area (Å²) < 4.78 is 6.72. The highest BCUT2D eigenvalue weighted by Gasteiger charge is 2.07. The molecular weight excluding hydrogens is 270 g/mol. The zero-order valence-electron chi connectivity index (χ0n) is 11.8. The Kier molecular flexibility index (Phi) is 4.24. The van der Waals surface area contributed by atoms with Gasteiger partial charge in [-0.1, -0.05) is 6.07 Å². The van der Waals surface area contributed by atoms with E-state index in [0.29, 0.717) is 22.4 Å². The van der Waals surface area contributed by atoms with Gasteiger partial charge in [-0.15, -0.1) is 0 Å². The van der Waals surface area contributed by atoms with Gasteiger partial charge in [0, 0.05) is 11.1 Å². The number of hydrogen-bond acceptors (Lipinski definition) is 4. The minimum absolute atomic E-state index is 0.216. The molecule has 1 N–H and O–H groups in total. The summed E-state index contributed by atoms with van der Waals surface area (Å²) in [5.74, 6) is 0.549. The summed E-state index contributed by atoms with van der Waals surface area (Å²) in [5, 5.41) is 11.3. The fourth-order valence-electron chi connectivity index (χ4n) is 1.86. The molecule has 0 fully saturated rings. The van der Waals surface area contributed by atoms with Crippen LogP contribution in [0.1, 0.15) is 16.7 Å². The van der Waals surface area contributed by atoms with E-state index < -0.39 is 0 Å². The SMILES string of the molecule is Cc1c(C)c(=O)n(CCOc2cccc(C#N)c2)[nH]c1=O. The van der Waals surface area contributed by atoms with Gasteiger partial charge in [0.15, 0.2) is 0 Å². The van der Waals surface area contributed by atoms with E-state index in [-0.39, 0.29) is 24.3 Å². The Morgan fingerprint density at radius 3 is 2.76 bits per heavy atom. The highest BCUT2D eigenvalue weighted by Crippen LogP contribution is 2.12. The number of aromatic amines is 1. The van der Waals surface area contributed by atoms with Crippen LogP contribution in [0.25, 0.3) is 0 Å². The largest absolute Gasteiger partial charge is 0.492 e. The van der Waals surface area contributed by atoms with Gasteiger partial charge in [-0.3, -0.25) is 14.7 Å². The molecule has 0 spiro atoms. The van der Waals surface area contributed by atoms with Crippen molar-refractivity contribution in [3.63, 3.8) is 0 Å². The molecule has 2 rings (SSSR count). The Hall–Kier alpha value is -2.81. The average molecular weight is 285 g/mol. The molecule has 0 unspecified atom stereocenters. The van der Waals surface area contributed by atoms with Crippen LogP contribution in [0, 0.1) is 25.2 Å². The summed E-state index contributed by atoms with van der Waals surface area (Å²) in [7, 11) is 0. The lowest BCUT2D eigenvalue weighted by molar-refractivity contribution is 0.286. The van der Waals surface area contributed by atoms with Crippen LogP contribution < -0.4 is 15.9 Å². The van der Waals surface area contributed by atoms with E-state index in [1.54, 1.807) is 38.1 Å². The summed E-state index contributed by atoms with van der Waals surface area (Å²) in [6.07, 6.45) is 0. The molecule has 0 saturated carbocycles. The fourth-order valence-corrected chi connectivity index (χ4v) is 1.86. The van der Waals surface area contributed by atoms with E-state index in [2.05, 4.69) is 5.10 Å². The van der Waals surface area contributed by atoms with Crippen molar-refractivity contribution in [2.45, 2.75) is 20.4 Å². The third-order valence-corrected chi connectivity index (χ3v) is 3.25. The molecule has 0 amide bonds. The molecule has 1 aromatic carbocycles. The van der Waals surface area contributed by atoms with Crippen LogP contribution in [0.3, 0.4) is 0 Å². The van der Waals surface area contributed by atoms with Crippen LogP contribution in [-0.4, -0.2) is 16.4 Å². The van der Waals surface area contributed by atoms with Crippen LogP contribution in [0.5, 0.6) is 5.75 Å². The first-order valence-corrected chi connectivity index (χ1v) is 6.46. The predicted octanol–water partition coefficient (Wildman–Crippen LogP) is 1.10. The average Bonchev–Trinajstić information content (AvgIpc) is 2.50. The Labute approximate surface area is 121 Å². The highest BCUT2D eigenvalue weighted by atomic mass is 16.5. The van der Waals surface area contributed by atoms with Crippen molar-refractivity contribution in [1.82, 2.24) is 9.78 Å². The monoisotopic (exact) mass is 285 g/mol. The van der Waals surface area contributed by atoms with Gasteiger partial charge in [0.25, 0.3) is 11.1 Å². The van der Waals surface area contributed by atoms with Crippen molar-refractivity contribution in [3.05, 3.63) is 61.7 Å². The van der Waals surface area contributed by atoms with Crippen molar-refractivity contribution in [2.75, 3.05) is 6.61 Å². The zero-order valence-corrected chi connectivity index (χ0v) is 11.8. The summed E-state index contributed by atoms with van der Waals surface area (Å²) in [6.45, 7) is 3.68. The van der Waals surface area contributed by atoms with E-state index >= 15 is 0 Å².